The summed E-state index contributed by atoms with van der Waals surface area (Å²) in [5.74, 6) is 0.798. The molecule has 0 radical (unpaired) electrons. The van der Waals surface area contributed by atoms with Crippen molar-refractivity contribution in [1.82, 2.24) is 0 Å². The second-order valence-corrected chi connectivity index (χ2v) is 4.81. The lowest BCUT2D eigenvalue weighted by molar-refractivity contribution is -0.126. The Kier molecular flexibility index (Phi) is 2.96. The highest BCUT2D eigenvalue weighted by molar-refractivity contribution is 5.99. The molecule has 3 rings (SSSR count). The van der Waals surface area contributed by atoms with E-state index in [-0.39, 0.29) is 12.0 Å². The van der Waals surface area contributed by atoms with E-state index in [4.69, 9.17) is 9.47 Å². The summed E-state index contributed by atoms with van der Waals surface area (Å²) < 4.78 is 11.2. The predicted molar refractivity (Wildman–Crippen MR) is 67.9 cm³/mol. The number of hydrogen-bond donors (Lipinski definition) is 0. The molecule has 0 spiro atoms. The Morgan fingerprint density at radius 2 is 2.22 bits per heavy atom. The van der Waals surface area contributed by atoms with E-state index in [9.17, 15) is 4.79 Å². The smallest absolute Gasteiger partial charge is 0.267 e. The van der Waals surface area contributed by atoms with Crippen LogP contribution in [0.5, 0.6) is 5.75 Å². The van der Waals surface area contributed by atoms with Crippen molar-refractivity contribution in [2.75, 3.05) is 18.1 Å². The minimum Gasteiger partial charge on any atom is -0.479 e. The summed E-state index contributed by atoms with van der Waals surface area (Å²) in [7, 11) is 0. The number of para-hydroxylation sites is 2. The van der Waals surface area contributed by atoms with E-state index in [1.165, 1.54) is 0 Å². The van der Waals surface area contributed by atoms with Gasteiger partial charge in [0.1, 0.15) is 5.75 Å². The van der Waals surface area contributed by atoms with Crippen molar-refractivity contribution in [1.29, 1.82) is 0 Å². The Morgan fingerprint density at radius 1 is 1.39 bits per heavy atom. The van der Waals surface area contributed by atoms with Gasteiger partial charge in [-0.05, 0) is 31.9 Å². The second-order valence-electron chi connectivity index (χ2n) is 4.81. The Hall–Kier alpha value is -1.55. The highest BCUT2D eigenvalue weighted by Gasteiger charge is 2.33. The quantitative estimate of drug-likeness (QED) is 0.802. The minimum atomic E-state index is -0.415. The number of anilines is 1. The molecule has 1 fully saturated rings. The molecular weight excluding hydrogens is 230 g/mol. The van der Waals surface area contributed by atoms with Gasteiger partial charge in [0.25, 0.3) is 5.91 Å². The van der Waals surface area contributed by atoms with Crippen molar-refractivity contribution >= 4 is 11.6 Å². The summed E-state index contributed by atoms with van der Waals surface area (Å²) in [6.45, 7) is 3.23. The van der Waals surface area contributed by atoms with E-state index in [1.807, 2.05) is 24.3 Å². The van der Waals surface area contributed by atoms with E-state index in [1.54, 1.807) is 11.8 Å². The Morgan fingerprint density at radius 3 is 3.00 bits per heavy atom. The molecule has 2 heterocycles. The van der Waals surface area contributed by atoms with Crippen molar-refractivity contribution in [3.05, 3.63) is 24.3 Å². The van der Waals surface area contributed by atoms with Crippen LogP contribution in [0, 0.1) is 0 Å². The lowest BCUT2D eigenvalue weighted by atomic mass is 10.1. The molecule has 0 saturated carbocycles. The Balaban J connectivity index is 1.88. The van der Waals surface area contributed by atoms with Crippen LogP contribution in [0.15, 0.2) is 24.3 Å². The fraction of sp³-hybridized carbons (Fsp3) is 0.500. The molecule has 4 heteroatoms. The van der Waals surface area contributed by atoms with Crippen LogP contribution in [0.1, 0.15) is 19.8 Å². The first-order chi connectivity index (χ1) is 8.75. The molecule has 96 valence electrons. The van der Waals surface area contributed by atoms with Crippen molar-refractivity contribution in [2.45, 2.75) is 32.0 Å². The average molecular weight is 247 g/mol. The van der Waals surface area contributed by atoms with E-state index >= 15 is 0 Å². The van der Waals surface area contributed by atoms with Gasteiger partial charge in [-0.25, -0.2) is 0 Å². The molecule has 0 aliphatic carbocycles. The molecule has 18 heavy (non-hydrogen) atoms. The normalized spacial score (nSPS) is 26.9. The number of rotatable bonds is 2. The standard InChI is InChI=1S/C14H17NO3/c1-10-14(16)15(9-11-5-4-8-17-11)12-6-2-3-7-13(12)18-10/h2-3,6-7,10-11H,4-5,8-9H2,1H3. The van der Waals surface area contributed by atoms with Crippen molar-refractivity contribution in [3.63, 3.8) is 0 Å². The monoisotopic (exact) mass is 247 g/mol. The first kappa shape index (κ1) is 11.5. The molecule has 1 aromatic carbocycles. The van der Waals surface area contributed by atoms with Gasteiger partial charge in [0.15, 0.2) is 6.10 Å². The maximum absolute atomic E-state index is 12.2. The SMILES string of the molecule is CC1Oc2ccccc2N(CC2CCCO2)C1=O. The van der Waals surface area contributed by atoms with Crippen LogP contribution >= 0.6 is 0 Å². The molecule has 0 bridgehead atoms. The average Bonchev–Trinajstić information content (AvgIpc) is 2.88. The van der Waals surface area contributed by atoms with Crippen LogP contribution in [0.25, 0.3) is 0 Å². The molecule has 2 atom stereocenters. The number of benzene rings is 1. The number of nitrogens with zero attached hydrogens (tertiary/aromatic N) is 1. The zero-order valence-corrected chi connectivity index (χ0v) is 10.5. The third-order valence-electron chi connectivity index (χ3n) is 3.48. The topological polar surface area (TPSA) is 38.8 Å². The molecule has 1 saturated heterocycles. The largest absolute Gasteiger partial charge is 0.479 e. The van der Waals surface area contributed by atoms with Crippen molar-refractivity contribution in [2.24, 2.45) is 0 Å². The van der Waals surface area contributed by atoms with Gasteiger partial charge >= 0.3 is 0 Å². The maximum atomic E-state index is 12.2. The van der Waals surface area contributed by atoms with Gasteiger partial charge in [-0.3, -0.25) is 4.79 Å². The molecular formula is C14H17NO3. The molecule has 2 unspecified atom stereocenters. The molecule has 0 N–H and O–H groups in total. The van der Waals surface area contributed by atoms with Gasteiger partial charge in [-0.15, -0.1) is 0 Å². The van der Waals surface area contributed by atoms with Gasteiger partial charge in [0.05, 0.1) is 18.3 Å². The van der Waals surface area contributed by atoms with E-state index in [0.29, 0.717) is 6.54 Å². The Labute approximate surface area is 106 Å². The fourth-order valence-electron chi connectivity index (χ4n) is 2.54. The van der Waals surface area contributed by atoms with Crippen LogP contribution in [-0.2, 0) is 9.53 Å². The summed E-state index contributed by atoms with van der Waals surface area (Å²) in [4.78, 5) is 14.0. The van der Waals surface area contributed by atoms with Gasteiger partial charge in [0.2, 0.25) is 0 Å². The Bertz CT molecular complexity index is 454. The summed E-state index contributed by atoms with van der Waals surface area (Å²) in [6.07, 6.45) is 1.86. The molecule has 1 amide bonds. The van der Waals surface area contributed by atoms with Gasteiger partial charge in [0, 0.05) is 6.61 Å². The van der Waals surface area contributed by atoms with Gasteiger partial charge in [-0.2, -0.15) is 0 Å². The minimum absolute atomic E-state index is 0.0178. The number of amides is 1. The van der Waals surface area contributed by atoms with Gasteiger partial charge in [-0.1, -0.05) is 12.1 Å². The highest BCUT2D eigenvalue weighted by atomic mass is 16.5. The summed E-state index contributed by atoms with van der Waals surface area (Å²) in [6, 6.07) is 7.68. The molecule has 2 aliphatic rings. The third-order valence-corrected chi connectivity index (χ3v) is 3.48. The van der Waals surface area contributed by atoms with E-state index in [2.05, 4.69) is 0 Å². The summed E-state index contributed by atoms with van der Waals surface area (Å²) in [5.41, 5.74) is 0.858. The van der Waals surface area contributed by atoms with Gasteiger partial charge < -0.3 is 14.4 Å². The first-order valence-electron chi connectivity index (χ1n) is 6.44. The zero-order valence-electron chi connectivity index (χ0n) is 10.5. The molecule has 0 aromatic heterocycles. The second kappa shape index (κ2) is 4.61. The number of carbonyl (C=O) groups is 1. The molecule has 1 aromatic rings. The third kappa shape index (κ3) is 1.97. The number of ether oxygens (including phenoxy) is 2. The highest BCUT2D eigenvalue weighted by Crippen LogP contribution is 2.34. The maximum Gasteiger partial charge on any atom is 0.267 e. The fourth-order valence-corrected chi connectivity index (χ4v) is 2.54. The first-order valence-corrected chi connectivity index (χ1v) is 6.44. The lowest BCUT2D eigenvalue weighted by Crippen LogP contribution is -2.47. The van der Waals surface area contributed by atoms with Crippen LogP contribution in [0.2, 0.25) is 0 Å². The van der Waals surface area contributed by atoms with E-state index < -0.39 is 6.10 Å². The summed E-state index contributed by atoms with van der Waals surface area (Å²) >= 11 is 0. The molecule has 4 nitrogen and oxygen atoms in total. The van der Waals surface area contributed by atoms with Crippen LogP contribution < -0.4 is 9.64 Å². The number of carbonyl (C=O) groups excluding carboxylic acids is 1. The predicted octanol–water partition coefficient (Wildman–Crippen LogP) is 1.98. The van der Waals surface area contributed by atoms with Crippen molar-refractivity contribution in [3.8, 4) is 5.75 Å². The van der Waals surface area contributed by atoms with E-state index in [0.717, 1.165) is 30.9 Å². The van der Waals surface area contributed by atoms with Crippen molar-refractivity contribution < 1.29 is 14.3 Å². The van der Waals surface area contributed by atoms with Crippen LogP contribution in [0.4, 0.5) is 5.69 Å². The van der Waals surface area contributed by atoms with Crippen LogP contribution in [-0.4, -0.2) is 31.3 Å². The zero-order chi connectivity index (χ0) is 12.5. The summed E-state index contributed by atoms with van der Waals surface area (Å²) in [5, 5.41) is 0. The lowest BCUT2D eigenvalue weighted by Gasteiger charge is -2.34. The number of hydrogen-bond acceptors (Lipinski definition) is 3. The number of fused-ring (bicyclic) bond motifs is 1. The molecule has 2 aliphatic heterocycles. The van der Waals surface area contributed by atoms with Crippen LogP contribution in [0.3, 0.4) is 0 Å².